The fraction of sp³-hybridized carbons (Fsp3) is 0.308. The molecule has 0 fully saturated rings. The van der Waals surface area contributed by atoms with Gasteiger partial charge in [-0.2, -0.15) is 4.37 Å². The zero-order valence-corrected chi connectivity index (χ0v) is 22.3. The molecule has 0 radical (unpaired) electrons. The van der Waals surface area contributed by atoms with Crippen molar-refractivity contribution in [1.29, 1.82) is 0 Å². The minimum Gasteiger partial charge on any atom is -0.329 e. The summed E-state index contributed by atoms with van der Waals surface area (Å²) >= 11 is 4.64. The Balaban J connectivity index is 1.91. The van der Waals surface area contributed by atoms with E-state index in [2.05, 4.69) is 20.3 Å². The average Bonchev–Trinajstić information content (AvgIpc) is 3.22. The van der Waals surface area contributed by atoms with E-state index >= 15 is 0 Å². The molecular formula is C26H28BrN5O2S. The molecule has 0 aliphatic carbocycles. The number of nitrogens with two attached hydrogens (primary N) is 1. The highest BCUT2D eigenvalue weighted by molar-refractivity contribution is 9.10. The van der Waals surface area contributed by atoms with E-state index in [9.17, 15) is 9.59 Å². The highest BCUT2D eigenvalue weighted by Crippen LogP contribution is 2.31. The van der Waals surface area contributed by atoms with Crippen LogP contribution in [0.5, 0.6) is 0 Å². The normalized spacial score (nSPS) is 12.3. The van der Waals surface area contributed by atoms with Gasteiger partial charge in [-0.25, -0.2) is 4.98 Å². The summed E-state index contributed by atoms with van der Waals surface area (Å²) < 4.78 is 6.97. The third kappa shape index (κ3) is 5.22. The second-order valence-corrected chi connectivity index (χ2v) is 10.4. The Morgan fingerprint density at radius 1 is 1.14 bits per heavy atom. The van der Waals surface area contributed by atoms with Gasteiger partial charge >= 0.3 is 0 Å². The quantitative estimate of drug-likeness (QED) is 0.339. The number of aromatic nitrogens is 3. The van der Waals surface area contributed by atoms with Crippen molar-refractivity contribution in [2.24, 2.45) is 11.7 Å². The van der Waals surface area contributed by atoms with Crippen molar-refractivity contribution < 1.29 is 4.79 Å². The van der Waals surface area contributed by atoms with Crippen LogP contribution in [0.3, 0.4) is 0 Å². The minimum atomic E-state index is -0.460. The zero-order chi connectivity index (χ0) is 25.1. The molecule has 0 bridgehead atoms. The molecule has 182 valence electrons. The summed E-state index contributed by atoms with van der Waals surface area (Å²) in [5.41, 5.74) is 8.03. The van der Waals surface area contributed by atoms with Crippen molar-refractivity contribution in [3.63, 3.8) is 0 Å². The molecule has 4 aromatic rings. The van der Waals surface area contributed by atoms with E-state index in [-0.39, 0.29) is 23.9 Å². The molecular weight excluding hydrogens is 526 g/mol. The molecule has 0 saturated carbocycles. The number of fused-ring (bicyclic) bond motifs is 1. The number of carbonyl (C=O) groups excluding carboxylic acids is 1. The third-order valence-corrected chi connectivity index (χ3v) is 7.30. The van der Waals surface area contributed by atoms with Gasteiger partial charge in [-0.15, -0.1) is 0 Å². The van der Waals surface area contributed by atoms with Gasteiger partial charge in [0, 0.05) is 23.1 Å². The molecule has 0 unspecified atom stereocenters. The number of benzene rings is 2. The first-order chi connectivity index (χ1) is 16.8. The SMILES string of the molecule is Cc1nsc2nc([C@H](C(C)C)N(CCN)C(=O)c3ccc(Br)cc3)n(Cc3ccccc3)c(=O)c12. The molecule has 35 heavy (non-hydrogen) atoms. The van der Waals surface area contributed by atoms with Gasteiger partial charge in [0.15, 0.2) is 4.83 Å². The molecule has 4 rings (SSSR count). The lowest BCUT2D eigenvalue weighted by Gasteiger charge is -2.35. The number of halogens is 1. The maximum absolute atomic E-state index is 13.8. The first-order valence-corrected chi connectivity index (χ1v) is 13.1. The maximum atomic E-state index is 13.8. The van der Waals surface area contributed by atoms with Gasteiger partial charge in [0.1, 0.15) is 5.82 Å². The molecule has 7 nitrogen and oxygen atoms in total. The number of hydrogen-bond acceptors (Lipinski definition) is 6. The molecule has 1 amide bonds. The van der Waals surface area contributed by atoms with E-state index in [1.54, 1.807) is 21.6 Å². The molecule has 1 atom stereocenters. The second-order valence-electron chi connectivity index (χ2n) is 8.78. The van der Waals surface area contributed by atoms with E-state index in [0.29, 0.717) is 40.4 Å². The molecule has 0 aliphatic heterocycles. The molecule has 2 aromatic carbocycles. The molecule has 0 aliphatic rings. The van der Waals surface area contributed by atoms with Crippen LogP contribution in [-0.2, 0) is 6.54 Å². The molecule has 0 spiro atoms. The number of hydrogen-bond donors (Lipinski definition) is 1. The van der Waals surface area contributed by atoms with Crippen molar-refractivity contribution in [3.8, 4) is 0 Å². The molecule has 9 heteroatoms. The lowest BCUT2D eigenvalue weighted by atomic mass is 9.99. The van der Waals surface area contributed by atoms with Gasteiger partial charge in [-0.1, -0.05) is 60.1 Å². The average molecular weight is 555 g/mol. The summed E-state index contributed by atoms with van der Waals surface area (Å²) in [6.07, 6.45) is 0. The summed E-state index contributed by atoms with van der Waals surface area (Å²) in [6.45, 7) is 6.86. The predicted octanol–water partition coefficient (Wildman–Crippen LogP) is 4.77. The van der Waals surface area contributed by atoms with E-state index in [0.717, 1.165) is 10.0 Å². The van der Waals surface area contributed by atoms with Crippen LogP contribution < -0.4 is 11.3 Å². The molecule has 2 N–H and O–H groups in total. The Morgan fingerprint density at radius 3 is 2.46 bits per heavy atom. The van der Waals surface area contributed by atoms with Crippen molar-refractivity contribution in [1.82, 2.24) is 18.8 Å². The van der Waals surface area contributed by atoms with Crippen molar-refractivity contribution in [3.05, 3.63) is 92.1 Å². The van der Waals surface area contributed by atoms with Gasteiger partial charge in [-0.05, 0) is 54.2 Å². The smallest absolute Gasteiger partial charge is 0.264 e. The fourth-order valence-corrected chi connectivity index (χ4v) is 5.33. The lowest BCUT2D eigenvalue weighted by Crippen LogP contribution is -2.43. The zero-order valence-electron chi connectivity index (χ0n) is 19.9. The maximum Gasteiger partial charge on any atom is 0.264 e. The largest absolute Gasteiger partial charge is 0.329 e. The minimum absolute atomic E-state index is 0.0265. The van der Waals surface area contributed by atoms with Crippen LogP contribution in [0.2, 0.25) is 0 Å². The van der Waals surface area contributed by atoms with E-state index < -0.39 is 6.04 Å². The summed E-state index contributed by atoms with van der Waals surface area (Å²) in [5, 5.41) is 0.529. The Labute approximate surface area is 216 Å². The topological polar surface area (TPSA) is 94.1 Å². The van der Waals surface area contributed by atoms with Crippen molar-refractivity contribution in [2.75, 3.05) is 13.1 Å². The van der Waals surface area contributed by atoms with Crippen LogP contribution in [0.15, 0.2) is 63.9 Å². The van der Waals surface area contributed by atoms with Crippen LogP contribution in [0.25, 0.3) is 10.2 Å². The Kier molecular flexibility index (Phi) is 7.78. The number of carbonyl (C=O) groups is 1. The highest BCUT2D eigenvalue weighted by Gasteiger charge is 2.33. The van der Waals surface area contributed by atoms with Gasteiger partial charge in [0.25, 0.3) is 11.5 Å². The van der Waals surface area contributed by atoms with Crippen LogP contribution >= 0.6 is 27.5 Å². The van der Waals surface area contributed by atoms with Crippen LogP contribution in [-0.4, -0.2) is 37.8 Å². The van der Waals surface area contributed by atoms with Crippen molar-refractivity contribution in [2.45, 2.75) is 33.4 Å². The fourth-order valence-electron chi connectivity index (χ4n) is 4.29. The van der Waals surface area contributed by atoms with Crippen LogP contribution in [0, 0.1) is 12.8 Å². The van der Waals surface area contributed by atoms with Gasteiger partial charge in [0.2, 0.25) is 0 Å². The highest BCUT2D eigenvalue weighted by atomic mass is 79.9. The predicted molar refractivity (Wildman–Crippen MR) is 144 cm³/mol. The van der Waals surface area contributed by atoms with Crippen molar-refractivity contribution >= 4 is 43.6 Å². The standard InChI is InChI=1S/C26H28BrN5O2S/c1-16(2)22(31(14-13-28)25(33)19-9-11-20(27)12-10-19)23-29-24-21(17(3)30-35-24)26(34)32(23)15-18-7-5-4-6-8-18/h4-12,16,22H,13-15,28H2,1-3H3/t22-/m0/s1. The second kappa shape index (κ2) is 10.8. The summed E-state index contributed by atoms with van der Waals surface area (Å²) in [7, 11) is 0. The summed E-state index contributed by atoms with van der Waals surface area (Å²) in [5.74, 6) is 0.369. The Morgan fingerprint density at radius 2 is 1.83 bits per heavy atom. The van der Waals surface area contributed by atoms with Crippen LogP contribution in [0.4, 0.5) is 0 Å². The van der Waals surface area contributed by atoms with E-state index in [1.807, 2.05) is 63.2 Å². The number of rotatable bonds is 8. The number of amides is 1. The Bertz CT molecular complexity index is 1380. The summed E-state index contributed by atoms with van der Waals surface area (Å²) in [6, 6.07) is 16.6. The molecule has 2 heterocycles. The first-order valence-electron chi connectivity index (χ1n) is 11.5. The monoisotopic (exact) mass is 553 g/mol. The molecule has 0 saturated heterocycles. The number of aryl methyl sites for hydroxylation is 1. The van der Waals surface area contributed by atoms with Gasteiger partial charge in [-0.3, -0.25) is 14.2 Å². The summed E-state index contributed by atoms with van der Waals surface area (Å²) in [4.78, 5) is 34.8. The first kappa shape index (κ1) is 25.2. The third-order valence-electron chi connectivity index (χ3n) is 5.93. The Hall–Kier alpha value is -2.88. The lowest BCUT2D eigenvalue weighted by molar-refractivity contribution is 0.0612. The van der Waals surface area contributed by atoms with E-state index in [4.69, 9.17) is 10.7 Å². The molecule has 2 aromatic heterocycles. The number of nitrogens with zero attached hydrogens (tertiary/aromatic N) is 4. The van der Waals surface area contributed by atoms with Gasteiger partial charge in [0.05, 0.1) is 23.7 Å². The van der Waals surface area contributed by atoms with Crippen LogP contribution in [0.1, 0.15) is 47.3 Å². The van der Waals surface area contributed by atoms with Gasteiger partial charge < -0.3 is 10.6 Å². The van der Waals surface area contributed by atoms with E-state index in [1.165, 1.54) is 11.5 Å².